The molecule has 0 saturated carbocycles. The summed E-state index contributed by atoms with van der Waals surface area (Å²) in [6.07, 6.45) is -0.718. The number of aliphatic hydroxyl groups excluding tert-OH is 1. The van der Waals surface area contributed by atoms with Crippen LogP contribution in [0.25, 0.3) is 0 Å². The SMILES string of the molecule is [CH2]C(O)COc1ccccc1OC. The first-order valence-corrected chi connectivity index (χ1v) is 4.01. The van der Waals surface area contributed by atoms with Crippen molar-refractivity contribution in [2.45, 2.75) is 6.10 Å². The summed E-state index contributed by atoms with van der Waals surface area (Å²) < 4.78 is 10.3. The second-order valence-electron chi connectivity index (χ2n) is 2.62. The van der Waals surface area contributed by atoms with Crippen LogP contribution in [-0.2, 0) is 0 Å². The zero-order chi connectivity index (χ0) is 9.68. The fraction of sp³-hybridized carbons (Fsp3) is 0.300. The van der Waals surface area contributed by atoms with Gasteiger partial charge in [-0.3, -0.25) is 0 Å². The molecule has 0 fully saturated rings. The van der Waals surface area contributed by atoms with E-state index in [1.165, 1.54) is 0 Å². The fourth-order valence-electron chi connectivity index (χ4n) is 0.924. The van der Waals surface area contributed by atoms with E-state index in [-0.39, 0.29) is 6.61 Å². The van der Waals surface area contributed by atoms with Gasteiger partial charge in [0, 0.05) is 0 Å². The summed E-state index contributed by atoms with van der Waals surface area (Å²) in [5, 5.41) is 8.90. The minimum absolute atomic E-state index is 0.167. The van der Waals surface area contributed by atoms with Crippen molar-refractivity contribution in [2.24, 2.45) is 0 Å². The van der Waals surface area contributed by atoms with Gasteiger partial charge in [0.2, 0.25) is 0 Å². The highest BCUT2D eigenvalue weighted by molar-refractivity contribution is 5.39. The maximum absolute atomic E-state index is 8.90. The zero-order valence-corrected chi connectivity index (χ0v) is 7.56. The highest BCUT2D eigenvalue weighted by Gasteiger charge is 2.03. The Balaban J connectivity index is 2.64. The van der Waals surface area contributed by atoms with Crippen molar-refractivity contribution in [3.05, 3.63) is 31.2 Å². The second kappa shape index (κ2) is 4.72. The molecule has 0 bridgehead atoms. The summed E-state index contributed by atoms with van der Waals surface area (Å²) in [5.41, 5.74) is 0. The summed E-state index contributed by atoms with van der Waals surface area (Å²) in [7, 11) is 1.57. The van der Waals surface area contributed by atoms with Gasteiger partial charge in [-0.2, -0.15) is 0 Å². The lowest BCUT2D eigenvalue weighted by Crippen LogP contribution is -2.13. The zero-order valence-electron chi connectivity index (χ0n) is 7.56. The van der Waals surface area contributed by atoms with E-state index in [0.29, 0.717) is 11.5 Å². The van der Waals surface area contributed by atoms with E-state index in [0.717, 1.165) is 0 Å². The van der Waals surface area contributed by atoms with Gasteiger partial charge in [-0.1, -0.05) is 12.1 Å². The predicted molar refractivity (Wildman–Crippen MR) is 49.9 cm³/mol. The Kier molecular flexibility index (Phi) is 3.58. The molecular weight excluding hydrogens is 168 g/mol. The van der Waals surface area contributed by atoms with Gasteiger partial charge >= 0.3 is 0 Å². The molecule has 3 heteroatoms. The van der Waals surface area contributed by atoms with Crippen LogP contribution in [-0.4, -0.2) is 24.9 Å². The standard InChI is InChI=1S/C10H13O3/c1-8(11)7-13-10-6-4-3-5-9(10)12-2/h3-6,8,11H,1,7H2,2H3. The number of rotatable bonds is 4. The van der Waals surface area contributed by atoms with Crippen molar-refractivity contribution < 1.29 is 14.6 Å². The van der Waals surface area contributed by atoms with Crippen LogP contribution >= 0.6 is 0 Å². The van der Waals surface area contributed by atoms with Crippen molar-refractivity contribution in [3.63, 3.8) is 0 Å². The molecule has 0 amide bonds. The number of methoxy groups -OCH3 is 1. The third kappa shape index (κ3) is 2.95. The van der Waals surface area contributed by atoms with E-state index in [2.05, 4.69) is 6.92 Å². The van der Waals surface area contributed by atoms with Crippen LogP contribution in [0.3, 0.4) is 0 Å². The smallest absolute Gasteiger partial charge is 0.161 e. The van der Waals surface area contributed by atoms with Gasteiger partial charge < -0.3 is 14.6 Å². The van der Waals surface area contributed by atoms with Crippen LogP contribution in [0.4, 0.5) is 0 Å². The normalized spacial score (nSPS) is 12.2. The Morgan fingerprint density at radius 3 is 2.54 bits per heavy atom. The molecule has 0 saturated heterocycles. The molecule has 1 atom stereocenters. The van der Waals surface area contributed by atoms with Crippen LogP contribution in [0.2, 0.25) is 0 Å². The Morgan fingerprint density at radius 2 is 2.00 bits per heavy atom. The summed E-state index contributed by atoms with van der Waals surface area (Å²) in [6.45, 7) is 3.57. The van der Waals surface area contributed by atoms with Gasteiger partial charge in [0.25, 0.3) is 0 Å². The summed E-state index contributed by atoms with van der Waals surface area (Å²) >= 11 is 0. The van der Waals surface area contributed by atoms with Crippen LogP contribution in [0.15, 0.2) is 24.3 Å². The largest absolute Gasteiger partial charge is 0.493 e. The van der Waals surface area contributed by atoms with Crippen LogP contribution in [0, 0.1) is 6.92 Å². The molecule has 1 radical (unpaired) electrons. The quantitative estimate of drug-likeness (QED) is 0.760. The van der Waals surface area contributed by atoms with Gasteiger partial charge in [-0.15, -0.1) is 0 Å². The van der Waals surface area contributed by atoms with Crippen molar-refractivity contribution in [3.8, 4) is 11.5 Å². The first kappa shape index (κ1) is 9.86. The van der Waals surface area contributed by atoms with Gasteiger partial charge in [0.1, 0.15) is 6.61 Å². The molecule has 13 heavy (non-hydrogen) atoms. The third-order valence-corrected chi connectivity index (χ3v) is 1.50. The Bertz CT molecular complexity index is 258. The maximum Gasteiger partial charge on any atom is 0.161 e. The molecule has 0 spiro atoms. The molecule has 1 N–H and O–H groups in total. The van der Waals surface area contributed by atoms with Crippen LogP contribution < -0.4 is 9.47 Å². The van der Waals surface area contributed by atoms with Crippen molar-refractivity contribution in [1.82, 2.24) is 0 Å². The molecule has 0 heterocycles. The summed E-state index contributed by atoms with van der Waals surface area (Å²) in [5.74, 6) is 1.27. The molecule has 71 valence electrons. The van der Waals surface area contributed by atoms with Crippen LogP contribution in [0.5, 0.6) is 11.5 Å². The van der Waals surface area contributed by atoms with Gasteiger partial charge in [-0.05, 0) is 19.1 Å². The van der Waals surface area contributed by atoms with E-state index in [4.69, 9.17) is 14.6 Å². The van der Waals surface area contributed by atoms with Gasteiger partial charge in [-0.25, -0.2) is 0 Å². The summed E-state index contributed by atoms with van der Waals surface area (Å²) in [6, 6.07) is 7.27. The second-order valence-corrected chi connectivity index (χ2v) is 2.62. The highest BCUT2D eigenvalue weighted by atomic mass is 16.5. The lowest BCUT2D eigenvalue weighted by atomic mass is 10.3. The lowest BCUT2D eigenvalue weighted by Gasteiger charge is -2.10. The van der Waals surface area contributed by atoms with E-state index in [1.54, 1.807) is 19.2 Å². The number of hydrogen-bond donors (Lipinski definition) is 1. The van der Waals surface area contributed by atoms with E-state index in [9.17, 15) is 0 Å². The average molecular weight is 181 g/mol. The average Bonchev–Trinajstić information content (AvgIpc) is 2.15. The van der Waals surface area contributed by atoms with Crippen LogP contribution in [0.1, 0.15) is 0 Å². The number of aliphatic hydroxyl groups is 1. The number of para-hydroxylation sites is 2. The lowest BCUT2D eigenvalue weighted by molar-refractivity contribution is 0.140. The van der Waals surface area contributed by atoms with Gasteiger partial charge in [0.05, 0.1) is 13.2 Å². The van der Waals surface area contributed by atoms with Gasteiger partial charge in [0.15, 0.2) is 11.5 Å². The molecule has 1 aromatic carbocycles. The molecule has 1 rings (SSSR count). The molecule has 1 aromatic rings. The number of hydrogen-bond acceptors (Lipinski definition) is 3. The third-order valence-electron chi connectivity index (χ3n) is 1.50. The molecule has 3 nitrogen and oxygen atoms in total. The van der Waals surface area contributed by atoms with Crippen molar-refractivity contribution in [1.29, 1.82) is 0 Å². The topological polar surface area (TPSA) is 38.7 Å². The molecule has 1 unspecified atom stereocenters. The summed E-state index contributed by atoms with van der Waals surface area (Å²) in [4.78, 5) is 0. The van der Waals surface area contributed by atoms with E-state index in [1.807, 2.05) is 12.1 Å². The molecule has 0 aliphatic heterocycles. The molecular formula is C10H13O3. The number of benzene rings is 1. The fourth-order valence-corrected chi connectivity index (χ4v) is 0.924. The molecule has 0 aliphatic carbocycles. The first-order chi connectivity index (χ1) is 6.24. The maximum atomic E-state index is 8.90. The van der Waals surface area contributed by atoms with E-state index < -0.39 is 6.10 Å². The molecule has 0 aliphatic rings. The Morgan fingerprint density at radius 1 is 1.38 bits per heavy atom. The predicted octanol–water partition coefficient (Wildman–Crippen LogP) is 1.27. The van der Waals surface area contributed by atoms with E-state index >= 15 is 0 Å². The minimum atomic E-state index is -0.718. The monoisotopic (exact) mass is 181 g/mol. The van der Waals surface area contributed by atoms with Crippen molar-refractivity contribution in [2.75, 3.05) is 13.7 Å². The highest BCUT2D eigenvalue weighted by Crippen LogP contribution is 2.25. The Hall–Kier alpha value is -1.22. The Labute approximate surface area is 77.9 Å². The first-order valence-electron chi connectivity index (χ1n) is 4.01. The number of ether oxygens (including phenoxy) is 2. The van der Waals surface area contributed by atoms with Crippen molar-refractivity contribution >= 4 is 0 Å². The minimum Gasteiger partial charge on any atom is -0.493 e. The molecule has 0 aromatic heterocycles.